The summed E-state index contributed by atoms with van der Waals surface area (Å²) in [6, 6.07) is 9.64. The van der Waals surface area contributed by atoms with Crippen LogP contribution < -0.4 is 5.43 Å². The predicted octanol–water partition coefficient (Wildman–Crippen LogP) is 2.15. The maximum absolute atomic E-state index is 10.8. The fourth-order valence-electron chi connectivity index (χ4n) is 1.39. The zero-order valence-corrected chi connectivity index (χ0v) is 11.2. The summed E-state index contributed by atoms with van der Waals surface area (Å²) in [5.74, 6) is 0.437. The quantitative estimate of drug-likeness (QED) is 0.520. The van der Waals surface area contributed by atoms with Crippen molar-refractivity contribution < 1.29 is 9.53 Å². The molecular weight excluding hydrogens is 262 g/mol. The molecular formula is C13H13N3O2S. The van der Waals surface area contributed by atoms with Crippen molar-refractivity contribution >= 4 is 27.1 Å². The minimum atomic E-state index is -0.829. The van der Waals surface area contributed by atoms with Crippen LogP contribution >= 0.6 is 10.5 Å². The predicted molar refractivity (Wildman–Crippen MR) is 77.6 cm³/mol. The molecule has 0 saturated heterocycles. The van der Waals surface area contributed by atoms with Crippen LogP contribution in [0.2, 0.25) is 0 Å². The van der Waals surface area contributed by atoms with Gasteiger partial charge in [0.1, 0.15) is 0 Å². The summed E-state index contributed by atoms with van der Waals surface area (Å²) < 4.78 is 5.24. The van der Waals surface area contributed by atoms with Gasteiger partial charge in [-0.1, -0.05) is 30.3 Å². The van der Waals surface area contributed by atoms with E-state index in [1.54, 1.807) is 11.6 Å². The highest BCUT2D eigenvalue weighted by Gasteiger charge is 2.14. The molecule has 1 heterocycles. The number of benzene rings is 1. The molecule has 0 saturated carbocycles. The summed E-state index contributed by atoms with van der Waals surface area (Å²) in [6.07, 6.45) is 1.66. The van der Waals surface area contributed by atoms with Gasteiger partial charge >= 0.3 is 0 Å². The zero-order valence-electron chi connectivity index (χ0n) is 10.4. The summed E-state index contributed by atoms with van der Waals surface area (Å²) in [7, 11) is -0.829. The minimum Gasteiger partial charge on any atom is -0.478 e. The molecule has 1 aromatic carbocycles. The Balaban J connectivity index is 2.02. The highest BCUT2D eigenvalue weighted by molar-refractivity contribution is 8.29. The van der Waals surface area contributed by atoms with Gasteiger partial charge in [0, 0.05) is 5.41 Å². The fraction of sp³-hybridized carbons (Fsp3) is 0.154. The normalized spacial score (nSPS) is 17.8. The van der Waals surface area contributed by atoms with Gasteiger partial charge in [0.05, 0.1) is 12.8 Å². The molecule has 1 atom stereocenters. The molecule has 19 heavy (non-hydrogen) atoms. The standard InChI is InChI=1S/C13H13N3O2S/c1-2-18-12-9-19(10-17)13(15-12)16-14-8-11-6-4-3-5-7-11/h3-9H,2H2,1H3,(H,15,16). The number of amidine groups is 1. The highest BCUT2D eigenvalue weighted by atomic mass is 32.2. The van der Waals surface area contributed by atoms with Crippen molar-refractivity contribution in [3.63, 3.8) is 0 Å². The van der Waals surface area contributed by atoms with Crippen molar-refractivity contribution in [1.82, 2.24) is 5.43 Å². The Morgan fingerprint density at radius 3 is 2.95 bits per heavy atom. The third kappa shape index (κ3) is 3.64. The number of hydrogen-bond donors (Lipinski definition) is 1. The number of aliphatic imine (C=N–C) groups is 1. The second-order valence-electron chi connectivity index (χ2n) is 3.51. The summed E-state index contributed by atoms with van der Waals surface area (Å²) in [4.78, 5) is 15.0. The monoisotopic (exact) mass is 275 g/mol. The molecule has 98 valence electrons. The van der Waals surface area contributed by atoms with Crippen LogP contribution in [0.5, 0.6) is 0 Å². The van der Waals surface area contributed by atoms with Crippen LogP contribution in [0.1, 0.15) is 12.5 Å². The van der Waals surface area contributed by atoms with E-state index in [0.29, 0.717) is 17.7 Å². The number of ether oxygens (including phenoxy) is 1. The minimum absolute atomic E-state index is 0.437. The number of nitrogens with zero attached hydrogens (tertiary/aromatic N) is 2. The number of carbonyl (C=O) groups excluding carboxylic acids is 1. The van der Waals surface area contributed by atoms with E-state index in [4.69, 9.17) is 4.74 Å². The molecule has 5 nitrogen and oxygen atoms in total. The van der Waals surface area contributed by atoms with Crippen molar-refractivity contribution in [2.24, 2.45) is 10.1 Å². The number of hydrazone groups is 1. The first kappa shape index (κ1) is 13.3. The topological polar surface area (TPSA) is 63.0 Å². The Morgan fingerprint density at radius 1 is 1.47 bits per heavy atom. The lowest BCUT2D eigenvalue weighted by atomic mass is 10.2. The SMILES string of the molecule is CCOC1=CS(=C=O)C(NN=Cc2ccccc2)=N1. The van der Waals surface area contributed by atoms with Gasteiger partial charge in [-0.3, -0.25) is 5.43 Å². The second kappa shape index (κ2) is 6.68. The molecule has 6 heteroatoms. The lowest BCUT2D eigenvalue weighted by Crippen LogP contribution is -2.13. The van der Waals surface area contributed by atoms with Crippen molar-refractivity contribution in [3.8, 4) is 0 Å². The molecule has 1 unspecified atom stereocenters. The van der Waals surface area contributed by atoms with Crippen molar-refractivity contribution in [2.75, 3.05) is 6.61 Å². The van der Waals surface area contributed by atoms with E-state index < -0.39 is 10.5 Å². The van der Waals surface area contributed by atoms with Crippen LogP contribution in [0, 0.1) is 0 Å². The highest BCUT2D eigenvalue weighted by Crippen LogP contribution is 2.25. The molecule has 0 aromatic heterocycles. The lowest BCUT2D eigenvalue weighted by Gasteiger charge is -1.99. The van der Waals surface area contributed by atoms with Crippen LogP contribution in [0.4, 0.5) is 0 Å². The number of nitrogens with one attached hydrogen (secondary N) is 1. The number of hydrogen-bond acceptors (Lipinski definition) is 5. The Morgan fingerprint density at radius 2 is 2.26 bits per heavy atom. The first-order valence-corrected chi connectivity index (χ1v) is 7.00. The summed E-state index contributed by atoms with van der Waals surface area (Å²) in [5, 5.41) is 8.04. The van der Waals surface area contributed by atoms with E-state index >= 15 is 0 Å². The lowest BCUT2D eigenvalue weighted by molar-refractivity contribution is 0.229. The smallest absolute Gasteiger partial charge is 0.222 e. The van der Waals surface area contributed by atoms with Crippen molar-refractivity contribution in [1.29, 1.82) is 0 Å². The van der Waals surface area contributed by atoms with Gasteiger partial charge in [-0.2, -0.15) is 10.1 Å². The number of rotatable bonds is 4. The molecule has 2 rings (SSSR count). The molecule has 1 aromatic rings. The summed E-state index contributed by atoms with van der Waals surface area (Å²) in [5.41, 5.74) is 3.72. The average Bonchev–Trinajstić information content (AvgIpc) is 2.83. The third-order valence-electron chi connectivity index (χ3n) is 2.19. The molecule has 0 aliphatic carbocycles. The molecule has 1 aliphatic rings. The molecule has 0 spiro atoms. The van der Waals surface area contributed by atoms with Gasteiger partial charge < -0.3 is 4.74 Å². The maximum Gasteiger partial charge on any atom is 0.222 e. The van der Waals surface area contributed by atoms with Crippen LogP contribution in [-0.2, 0) is 9.53 Å². The van der Waals surface area contributed by atoms with Crippen LogP contribution in [0.25, 0.3) is 0 Å². The first-order chi connectivity index (χ1) is 9.33. The van der Waals surface area contributed by atoms with Crippen LogP contribution in [-0.4, -0.2) is 23.2 Å². The van der Waals surface area contributed by atoms with Crippen molar-refractivity contribution in [3.05, 3.63) is 47.2 Å². The Kier molecular flexibility index (Phi) is 4.66. The largest absolute Gasteiger partial charge is 0.478 e. The summed E-state index contributed by atoms with van der Waals surface area (Å²) in [6.45, 7) is 2.37. The third-order valence-corrected chi connectivity index (χ3v) is 3.41. The van der Waals surface area contributed by atoms with E-state index in [0.717, 1.165) is 5.56 Å². The van der Waals surface area contributed by atoms with Crippen molar-refractivity contribution in [2.45, 2.75) is 6.92 Å². The molecule has 0 fully saturated rings. The Labute approximate surface area is 113 Å². The molecule has 0 radical (unpaired) electrons. The van der Waals surface area contributed by atoms with Gasteiger partial charge in [0.15, 0.2) is 10.4 Å². The molecule has 0 bridgehead atoms. The van der Waals surface area contributed by atoms with Gasteiger partial charge in [-0.15, -0.1) is 0 Å². The van der Waals surface area contributed by atoms with Gasteiger partial charge in [-0.25, -0.2) is 4.79 Å². The van der Waals surface area contributed by atoms with Gasteiger partial charge in [0.2, 0.25) is 5.88 Å². The average molecular weight is 275 g/mol. The molecule has 0 amide bonds. The summed E-state index contributed by atoms with van der Waals surface area (Å²) >= 11 is 0. The first-order valence-electron chi connectivity index (χ1n) is 5.72. The molecule has 1 aliphatic heterocycles. The van der Waals surface area contributed by atoms with Gasteiger partial charge in [0.25, 0.3) is 0 Å². The van der Waals surface area contributed by atoms with E-state index in [2.05, 4.69) is 15.5 Å². The van der Waals surface area contributed by atoms with Crippen LogP contribution in [0.15, 0.2) is 51.7 Å². The van der Waals surface area contributed by atoms with Gasteiger partial charge in [-0.05, 0) is 23.0 Å². The second-order valence-corrected chi connectivity index (χ2v) is 4.97. The Hall–Kier alpha value is -2.17. The van der Waals surface area contributed by atoms with E-state index in [1.165, 1.54) is 0 Å². The van der Waals surface area contributed by atoms with E-state index in [-0.39, 0.29) is 0 Å². The fourth-order valence-corrected chi connectivity index (χ4v) is 2.29. The Bertz CT molecular complexity index is 587. The van der Waals surface area contributed by atoms with E-state index in [9.17, 15) is 4.79 Å². The van der Waals surface area contributed by atoms with E-state index in [1.807, 2.05) is 42.5 Å². The zero-order chi connectivity index (χ0) is 13.5. The molecule has 1 N–H and O–H groups in total. The van der Waals surface area contributed by atoms with Crippen LogP contribution in [0.3, 0.4) is 0 Å². The maximum atomic E-state index is 10.8.